The number of hydrogen-bond donors (Lipinski definition) is 7. The van der Waals surface area contributed by atoms with Crippen LogP contribution in [0.4, 0.5) is 0 Å². The summed E-state index contributed by atoms with van der Waals surface area (Å²) < 4.78 is 0. The number of carboxylic acid groups (broad SMARTS) is 1. The molecule has 0 spiro atoms. The van der Waals surface area contributed by atoms with Crippen molar-refractivity contribution in [2.45, 2.75) is 49.9 Å². The minimum atomic E-state index is -1.45. The molecule has 9 N–H and O–H groups in total. The number of thioether (sulfide) groups is 1. The number of benzene rings is 1. The molecule has 0 aliphatic rings. The first-order chi connectivity index (χ1) is 18.1. The van der Waals surface area contributed by atoms with Gasteiger partial charge in [0.25, 0.3) is 0 Å². The fraction of sp³-hybridized carbons (Fsp3) is 0.417. The number of rotatable bonds is 16. The first kappa shape index (κ1) is 30.3. The summed E-state index contributed by atoms with van der Waals surface area (Å²) in [5.74, 6) is -3.94. The number of imidazole rings is 1. The standard InChI is InChI=1S/C24H33N7O6S/c1-38-8-7-17(24(36)37)29-23(35)19(11-20(26)32)31-22(34)18(9-14-5-3-2-4-6-14)30-21(33)16(25)10-15-12-27-13-28-15/h2-6,12-13,16-19H,7-11,25H2,1H3,(H2,26,32)(H,27,28)(H,29,35)(H,30,33)(H,31,34)(H,36,37). The first-order valence-electron chi connectivity index (χ1n) is 11.8. The molecule has 4 atom stereocenters. The number of nitrogens with zero attached hydrogens (tertiary/aromatic N) is 1. The fourth-order valence-corrected chi connectivity index (χ4v) is 3.98. The van der Waals surface area contributed by atoms with Gasteiger partial charge >= 0.3 is 5.97 Å². The van der Waals surface area contributed by atoms with Crippen molar-refractivity contribution in [1.82, 2.24) is 25.9 Å². The van der Waals surface area contributed by atoms with E-state index in [2.05, 4.69) is 25.9 Å². The fourth-order valence-electron chi connectivity index (χ4n) is 3.51. The Morgan fingerprint density at radius 1 is 0.974 bits per heavy atom. The molecule has 2 rings (SSSR count). The number of nitrogens with two attached hydrogens (primary N) is 2. The second kappa shape index (κ2) is 15.4. The Balaban J connectivity index is 2.19. The molecular formula is C24H33N7O6S. The Morgan fingerprint density at radius 2 is 1.61 bits per heavy atom. The van der Waals surface area contributed by atoms with Crippen LogP contribution in [0.2, 0.25) is 0 Å². The van der Waals surface area contributed by atoms with E-state index < -0.39 is 60.2 Å². The molecule has 1 heterocycles. The number of carbonyl (C=O) groups excluding carboxylic acids is 4. The maximum Gasteiger partial charge on any atom is 0.326 e. The lowest BCUT2D eigenvalue weighted by Crippen LogP contribution is -2.58. The molecule has 0 radical (unpaired) electrons. The van der Waals surface area contributed by atoms with Crippen molar-refractivity contribution < 1.29 is 29.1 Å². The summed E-state index contributed by atoms with van der Waals surface area (Å²) >= 11 is 1.40. The molecule has 13 nitrogen and oxygen atoms in total. The highest BCUT2D eigenvalue weighted by Crippen LogP contribution is 2.07. The molecule has 1 aromatic heterocycles. The number of amides is 4. The average molecular weight is 548 g/mol. The maximum atomic E-state index is 13.3. The summed E-state index contributed by atoms with van der Waals surface area (Å²) in [5, 5.41) is 16.8. The third-order valence-corrected chi connectivity index (χ3v) is 6.15. The van der Waals surface area contributed by atoms with Crippen LogP contribution in [0.15, 0.2) is 42.9 Å². The van der Waals surface area contributed by atoms with E-state index in [1.54, 1.807) is 36.6 Å². The van der Waals surface area contributed by atoms with Crippen molar-refractivity contribution >= 4 is 41.4 Å². The van der Waals surface area contributed by atoms with Gasteiger partial charge in [0.2, 0.25) is 23.6 Å². The summed E-state index contributed by atoms with van der Waals surface area (Å²) in [6.07, 6.45) is 4.54. The zero-order valence-corrected chi connectivity index (χ0v) is 21.7. The number of H-pyrrole nitrogens is 1. The van der Waals surface area contributed by atoms with Crippen LogP contribution >= 0.6 is 11.8 Å². The van der Waals surface area contributed by atoms with Gasteiger partial charge in [-0.25, -0.2) is 9.78 Å². The Bertz CT molecular complexity index is 1080. The molecule has 4 unspecified atom stereocenters. The molecule has 0 bridgehead atoms. The molecule has 4 amide bonds. The Hall–Kier alpha value is -3.91. The van der Waals surface area contributed by atoms with E-state index in [0.717, 1.165) is 0 Å². The van der Waals surface area contributed by atoms with Crippen LogP contribution in [0, 0.1) is 0 Å². The third kappa shape index (κ3) is 10.2. The van der Waals surface area contributed by atoms with E-state index in [0.29, 0.717) is 17.0 Å². The van der Waals surface area contributed by atoms with E-state index in [-0.39, 0.29) is 19.3 Å². The number of aromatic nitrogens is 2. The van der Waals surface area contributed by atoms with Crippen LogP contribution in [0.25, 0.3) is 0 Å². The quantitative estimate of drug-likeness (QED) is 0.132. The lowest BCUT2D eigenvalue weighted by molar-refractivity contribution is -0.142. The van der Waals surface area contributed by atoms with Crippen molar-refractivity contribution in [2.75, 3.05) is 12.0 Å². The topological polar surface area (TPSA) is 222 Å². The average Bonchev–Trinajstić information content (AvgIpc) is 3.38. The summed E-state index contributed by atoms with van der Waals surface area (Å²) in [5.41, 5.74) is 12.6. The first-order valence-corrected chi connectivity index (χ1v) is 13.2. The van der Waals surface area contributed by atoms with E-state index in [1.807, 2.05) is 0 Å². The van der Waals surface area contributed by atoms with Crippen molar-refractivity contribution in [2.24, 2.45) is 11.5 Å². The number of aliphatic carboxylic acids is 1. The van der Waals surface area contributed by atoms with Gasteiger partial charge in [0, 0.05) is 24.7 Å². The zero-order chi connectivity index (χ0) is 28.1. The van der Waals surface area contributed by atoms with Crippen molar-refractivity contribution in [3.05, 3.63) is 54.1 Å². The van der Waals surface area contributed by atoms with E-state index in [4.69, 9.17) is 11.5 Å². The van der Waals surface area contributed by atoms with Gasteiger partial charge in [0.1, 0.15) is 18.1 Å². The summed E-state index contributed by atoms with van der Waals surface area (Å²) in [6, 6.07) is 4.00. The van der Waals surface area contributed by atoms with Gasteiger partial charge in [0.15, 0.2) is 0 Å². The smallest absolute Gasteiger partial charge is 0.326 e. The van der Waals surface area contributed by atoms with Crippen molar-refractivity contribution in [3.8, 4) is 0 Å². The Morgan fingerprint density at radius 3 is 2.18 bits per heavy atom. The molecule has 0 saturated heterocycles. The van der Waals surface area contributed by atoms with Gasteiger partial charge in [-0.05, 0) is 24.0 Å². The van der Waals surface area contributed by atoms with Crippen molar-refractivity contribution in [1.29, 1.82) is 0 Å². The molecule has 0 fully saturated rings. The predicted molar refractivity (Wildman–Crippen MR) is 141 cm³/mol. The minimum absolute atomic E-state index is 0.0611. The van der Waals surface area contributed by atoms with Gasteiger partial charge in [-0.1, -0.05) is 30.3 Å². The molecule has 1 aromatic carbocycles. The number of hydrogen-bond acceptors (Lipinski definition) is 8. The van der Waals surface area contributed by atoms with Crippen LogP contribution < -0.4 is 27.4 Å². The Kier molecular flexibility index (Phi) is 12.3. The second-order valence-electron chi connectivity index (χ2n) is 8.55. The van der Waals surface area contributed by atoms with Gasteiger partial charge in [0.05, 0.1) is 18.8 Å². The second-order valence-corrected chi connectivity index (χ2v) is 9.54. The minimum Gasteiger partial charge on any atom is -0.480 e. The van der Waals surface area contributed by atoms with Crippen molar-refractivity contribution in [3.63, 3.8) is 0 Å². The van der Waals surface area contributed by atoms with Crippen LogP contribution in [0.1, 0.15) is 24.1 Å². The SMILES string of the molecule is CSCCC(NC(=O)C(CC(N)=O)NC(=O)C(Cc1ccccc1)NC(=O)C(N)Cc1cnc[nH]1)C(=O)O. The highest BCUT2D eigenvalue weighted by atomic mass is 32.2. The summed E-state index contributed by atoms with van der Waals surface area (Å²) in [7, 11) is 0. The van der Waals surface area contributed by atoms with E-state index >= 15 is 0 Å². The largest absolute Gasteiger partial charge is 0.480 e. The molecule has 2 aromatic rings. The van der Waals surface area contributed by atoms with Crippen LogP contribution in [-0.4, -0.2) is 80.8 Å². The number of nitrogens with one attached hydrogen (secondary N) is 4. The molecule has 0 aliphatic carbocycles. The highest BCUT2D eigenvalue weighted by molar-refractivity contribution is 7.98. The van der Waals surface area contributed by atoms with E-state index in [1.165, 1.54) is 24.3 Å². The number of aromatic amines is 1. The molecular weight excluding hydrogens is 514 g/mol. The van der Waals surface area contributed by atoms with Gasteiger partial charge in [-0.15, -0.1) is 0 Å². The number of primary amides is 1. The molecule has 0 aliphatic heterocycles. The van der Waals surface area contributed by atoms with Crippen LogP contribution in [-0.2, 0) is 36.8 Å². The van der Waals surface area contributed by atoms with Crippen LogP contribution in [0.3, 0.4) is 0 Å². The Labute approximate surface area is 223 Å². The number of carbonyl (C=O) groups is 5. The van der Waals surface area contributed by atoms with E-state index in [9.17, 15) is 29.1 Å². The monoisotopic (exact) mass is 547 g/mol. The van der Waals surface area contributed by atoms with Gasteiger partial charge in [-0.2, -0.15) is 11.8 Å². The molecule has 14 heteroatoms. The molecule has 38 heavy (non-hydrogen) atoms. The van der Waals surface area contributed by atoms with Gasteiger partial charge in [-0.3, -0.25) is 19.2 Å². The van der Waals surface area contributed by atoms with Crippen LogP contribution in [0.5, 0.6) is 0 Å². The lowest BCUT2D eigenvalue weighted by Gasteiger charge is -2.25. The third-order valence-electron chi connectivity index (χ3n) is 5.51. The highest BCUT2D eigenvalue weighted by Gasteiger charge is 2.31. The summed E-state index contributed by atoms with van der Waals surface area (Å²) in [4.78, 5) is 68.9. The maximum absolute atomic E-state index is 13.3. The summed E-state index contributed by atoms with van der Waals surface area (Å²) in [6.45, 7) is 0. The normalized spacial score (nSPS) is 13.9. The molecule has 0 saturated carbocycles. The van der Waals surface area contributed by atoms with Gasteiger partial charge < -0.3 is 37.5 Å². The predicted octanol–water partition coefficient (Wildman–Crippen LogP) is -1.31. The number of carboxylic acids is 1. The zero-order valence-electron chi connectivity index (χ0n) is 20.9. The lowest BCUT2D eigenvalue weighted by atomic mass is 10.0. The molecule has 206 valence electrons.